The van der Waals surface area contributed by atoms with Gasteiger partial charge in [0.2, 0.25) is 0 Å². The highest BCUT2D eigenvalue weighted by atomic mass is 16.6. The molecule has 0 spiro atoms. The van der Waals surface area contributed by atoms with E-state index < -0.39 is 6.09 Å². The van der Waals surface area contributed by atoms with Gasteiger partial charge in [0.05, 0.1) is 40.1 Å². The molecule has 2 aromatic rings. The third-order valence-corrected chi connectivity index (χ3v) is 4.75. The average molecular weight is 427 g/mol. The first-order valence-corrected chi connectivity index (χ1v) is 9.72. The standard InChI is InChI=1S/C23H25NO7/c1-27-17-6-9-20(28-2)18(15-17)19(25)7-4-16-5-8-21(22(14-16)29-3)31-23(26)24-10-12-30-13-11-24/h4-9,14-15H,10-13H2,1-3H3. The number of ketones is 1. The summed E-state index contributed by atoms with van der Waals surface area (Å²) in [6.07, 6.45) is 2.63. The van der Waals surface area contributed by atoms with Gasteiger partial charge in [-0.05, 0) is 42.0 Å². The van der Waals surface area contributed by atoms with Gasteiger partial charge >= 0.3 is 6.09 Å². The molecular formula is C23H25NO7. The second kappa shape index (κ2) is 10.5. The van der Waals surface area contributed by atoms with Crippen LogP contribution >= 0.6 is 0 Å². The van der Waals surface area contributed by atoms with E-state index in [1.165, 1.54) is 27.4 Å². The highest BCUT2D eigenvalue weighted by Crippen LogP contribution is 2.30. The first kappa shape index (κ1) is 22.2. The minimum Gasteiger partial charge on any atom is -0.497 e. The van der Waals surface area contributed by atoms with Gasteiger partial charge < -0.3 is 28.6 Å². The van der Waals surface area contributed by atoms with Gasteiger partial charge in [0.1, 0.15) is 11.5 Å². The van der Waals surface area contributed by atoms with Crippen molar-refractivity contribution in [3.8, 4) is 23.0 Å². The lowest BCUT2D eigenvalue weighted by Crippen LogP contribution is -2.42. The minimum absolute atomic E-state index is 0.238. The fourth-order valence-corrected chi connectivity index (χ4v) is 3.05. The zero-order valence-electron chi connectivity index (χ0n) is 17.8. The Balaban J connectivity index is 1.74. The van der Waals surface area contributed by atoms with Gasteiger partial charge in [-0.3, -0.25) is 4.79 Å². The van der Waals surface area contributed by atoms with Crippen LogP contribution in [0.15, 0.2) is 42.5 Å². The van der Waals surface area contributed by atoms with Crippen molar-refractivity contribution in [2.24, 2.45) is 0 Å². The lowest BCUT2D eigenvalue weighted by Gasteiger charge is -2.26. The summed E-state index contributed by atoms with van der Waals surface area (Å²) in [6, 6.07) is 10.1. The maximum atomic E-state index is 12.7. The van der Waals surface area contributed by atoms with Crippen LogP contribution in [0.4, 0.5) is 4.79 Å². The molecule has 8 nitrogen and oxygen atoms in total. The van der Waals surface area contributed by atoms with Crippen molar-refractivity contribution in [3.63, 3.8) is 0 Å². The van der Waals surface area contributed by atoms with Crippen LogP contribution in [0.1, 0.15) is 15.9 Å². The molecule has 1 fully saturated rings. The molecule has 0 atom stereocenters. The number of hydrogen-bond acceptors (Lipinski definition) is 7. The highest BCUT2D eigenvalue weighted by Gasteiger charge is 2.20. The summed E-state index contributed by atoms with van der Waals surface area (Å²) in [5.41, 5.74) is 1.10. The van der Waals surface area contributed by atoms with Crippen molar-refractivity contribution in [1.82, 2.24) is 4.90 Å². The summed E-state index contributed by atoms with van der Waals surface area (Å²) in [4.78, 5) is 26.6. The second-order valence-corrected chi connectivity index (χ2v) is 6.64. The maximum Gasteiger partial charge on any atom is 0.415 e. The first-order valence-electron chi connectivity index (χ1n) is 9.72. The lowest BCUT2D eigenvalue weighted by molar-refractivity contribution is 0.0413. The Morgan fingerprint density at radius 2 is 1.61 bits per heavy atom. The van der Waals surface area contributed by atoms with E-state index in [9.17, 15) is 9.59 Å². The number of hydrogen-bond donors (Lipinski definition) is 0. The number of rotatable bonds is 7. The Bertz CT molecular complexity index is 964. The van der Waals surface area contributed by atoms with Crippen molar-refractivity contribution in [2.75, 3.05) is 47.6 Å². The van der Waals surface area contributed by atoms with Gasteiger partial charge in [0.15, 0.2) is 17.3 Å². The molecule has 0 aliphatic carbocycles. The molecule has 31 heavy (non-hydrogen) atoms. The molecule has 0 unspecified atom stereocenters. The fourth-order valence-electron chi connectivity index (χ4n) is 3.05. The van der Waals surface area contributed by atoms with Gasteiger partial charge in [-0.2, -0.15) is 0 Å². The smallest absolute Gasteiger partial charge is 0.415 e. The summed E-state index contributed by atoms with van der Waals surface area (Å²) in [5, 5.41) is 0. The topological polar surface area (TPSA) is 83.5 Å². The number of carbonyl (C=O) groups is 2. The molecule has 0 saturated carbocycles. The monoisotopic (exact) mass is 427 g/mol. The van der Waals surface area contributed by atoms with Gasteiger partial charge in [0, 0.05) is 13.1 Å². The molecule has 1 amide bonds. The number of amides is 1. The van der Waals surface area contributed by atoms with Crippen molar-refractivity contribution in [3.05, 3.63) is 53.6 Å². The third kappa shape index (κ3) is 5.55. The molecule has 1 heterocycles. The lowest BCUT2D eigenvalue weighted by atomic mass is 10.1. The zero-order chi connectivity index (χ0) is 22.2. The van der Waals surface area contributed by atoms with E-state index in [-0.39, 0.29) is 5.78 Å². The van der Waals surface area contributed by atoms with E-state index in [4.69, 9.17) is 23.7 Å². The molecule has 1 saturated heterocycles. The number of benzene rings is 2. The summed E-state index contributed by atoms with van der Waals surface area (Å²) in [7, 11) is 4.52. The Kier molecular flexibility index (Phi) is 7.50. The van der Waals surface area contributed by atoms with Gasteiger partial charge in [-0.25, -0.2) is 4.79 Å². The number of allylic oxidation sites excluding steroid dienone is 1. The van der Waals surface area contributed by atoms with Crippen molar-refractivity contribution >= 4 is 18.0 Å². The SMILES string of the molecule is COc1ccc(OC)c(C(=O)C=Cc2ccc(OC(=O)N3CCOCC3)c(OC)c2)c1. The van der Waals surface area contributed by atoms with Crippen molar-refractivity contribution in [1.29, 1.82) is 0 Å². The highest BCUT2D eigenvalue weighted by molar-refractivity contribution is 6.08. The van der Waals surface area contributed by atoms with Crippen LogP contribution in [-0.2, 0) is 4.74 Å². The number of nitrogens with zero attached hydrogens (tertiary/aromatic N) is 1. The van der Waals surface area contributed by atoms with Gasteiger partial charge in [-0.1, -0.05) is 12.1 Å². The molecule has 164 valence electrons. The predicted molar refractivity (Wildman–Crippen MR) is 114 cm³/mol. The molecule has 0 aromatic heterocycles. The van der Waals surface area contributed by atoms with Crippen LogP contribution in [0.3, 0.4) is 0 Å². The summed E-state index contributed by atoms with van der Waals surface area (Å²) in [5.74, 6) is 1.47. The van der Waals surface area contributed by atoms with Crippen LogP contribution in [-0.4, -0.2) is 64.4 Å². The summed E-state index contributed by atoms with van der Waals surface area (Å²) < 4.78 is 26.5. The molecular weight excluding hydrogens is 402 g/mol. The Morgan fingerprint density at radius 1 is 0.903 bits per heavy atom. The number of carbonyl (C=O) groups excluding carboxylic acids is 2. The molecule has 8 heteroatoms. The number of ether oxygens (including phenoxy) is 5. The van der Waals surface area contributed by atoms with E-state index in [0.717, 1.165) is 0 Å². The van der Waals surface area contributed by atoms with Gasteiger partial charge in [-0.15, -0.1) is 0 Å². The first-order chi connectivity index (χ1) is 15.0. The normalized spacial score (nSPS) is 13.7. The van der Waals surface area contributed by atoms with Crippen LogP contribution in [0.2, 0.25) is 0 Å². The van der Waals surface area contributed by atoms with E-state index >= 15 is 0 Å². The molecule has 2 aromatic carbocycles. The molecule has 3 rings (SSSR count). The predicted octanol–water partition coefficient (Wildman–Crippen LogP) is 3.44. The van der Waals surface area contributed by atoms with Crippen LogP contribution < -0.4 is 18.9 Å². The van der Waals surface area contributed by atoms with Crippen molar-refractivity contribution < 1.29 is 33.3 Å². The fraction of sp³-hybridized carbons (Fsp3) is 0.304. The molecule has 1 aliphatic rings. The summed E-state index contributed by atoms with van der Waals surface area (Å²) in [6.45, 7) is 1.94. The quantitative estimate of drug-likeness (QED) is 0.494. The minimum atomic E-state index is -0.454. The Labute approximate surface area is 180 Å². The average Bonchev–Trinajstić information content (AvgIpc) is 2.83. The summed E-state index contributed by atoms with van der Waals surface area (Å²) >= 11 is 0. The number of methoxy groups -OCH3 is 3. The van der Waals surface area contributed by atoms with E-state index in [2.05, 4.69) is 0 Å². The molecule has 0 N–H and O–H groups in total. The second-order valence-electron chi connectivity index (χ2n) is 6.64. The van der Waals surface area contributed by atoms with E-state index in [1.54, 1.807) is 47.4 Å². The van der Waals surface area contributed by atoms with Gasteiger partial charge in [0.25, 0.3) is 0 Å². The Hall–Kier alpha value is -3.52. The molecule has 0 radical (unpaired) electrons. The maximum absolute atomic E-state index is 12.7. The van der Waals surface area contributed by atoms with E-state index in [1.807, 2.05) is 0 Å². The Morgan fingerprint density at radius 3 is 2.29 bits per heavy atom. The third-order valence-electron chi connectivity index (χ3n) is 4.75. The van der Waals surface area contributed by atoms with Crippen molar-refractivity contribution in [2.45, 2.75) is 0 Å². The van der Waals surface area contributed by atoms with Crippen LogP contribution in [0.5, 0.6) is 23.0 Å². The van der Waals surface area contributed by atoms with Crippen LogP contribution in [0, 0.1) is 0 Å². The molecule has 0 bridgehead atoms. The van der Waals surface area contributed by atoms with Crippen LogP contribution in [0.25, 0.3) is 6.08 Å². The number of morpholine rings is 1. The molecule has 1 aliphatic heterocycles. The zero-order valence-corrected chi connectivity index (χ0v) is 17.8. The largest absolute Gasteiger partial charge is 0.497 e. The van der Waals surface area contributed by atoms with E-state index in [0.29, 0.717) is 60.4 Å².